The number of para-hydroxylation sites is 1. The van der Waals surface area contributed by atoms with Crippen molar-refractivity contribution in [3.63, 3.8) is 0 Å². The predicted octanol–water partition coefficient (Wildman–Crippen LogP) is 4.82. The first-order valence-electron chi connectivity index (χ1n) is 9.06. The summed E-state index contributed by atoms with van der Waals surface area (Å²) >= 11 is 0. The molecule has 142 valence electrons. The fourth-order valence-electron chi connectivity index (χ4n) is 3.16. The van der Waals surface area contributed by atoms with E-state index in [4.69, 9.17) is 0 Å². The van der Waals surface area contributed by atoms with Crippen molar-refractivity contribution in [2.75, 3.05) is 10.6 Å². The number of benzene rings is 2. The molecule has 0 aliphatic carbocycles. The normalized spacial score (nSPS) is 10.4. The lowest BCUT2D eigenvalue weighted by Gasteiger charge is -2.13. The van der Waals surface area contributed by atoms with E-state index in [0.29, 0.717) is 11.1 Å². The number of anilines is 2. The van der Waals surface area contributed by atoms with Gasteiger partial charge >= 0.3 is 0 Å². The number of carbonyl (C=O) groups excluding carboxylic acids is 2. The number of nitrogens with zero attached hydrogens (tertiary/aromatic N) is 1. The molecule has 3 rings (SSSR count). The number of aromatic nitrogens is 1. The zero-order valence-corrected chi connectivity index (χ0v) is 16.5. The number of hydrogen-bond donors (Lipinski definition) is 2. The summed E-state index contributed by atoms with van der Waals surface area (Å²) in [7, 11) is 0. The molecular weight excluding hydrogens is 350 g/mol. The minimum Gasteiger partial charge on any atom is -0.322 e. The van der Waals surface area contributed by atoms with Crippen molar-refractivity contribution in [3.8, 4) is 0 Å². The average Bonchev–Trinajstić information content (AvgIpc) is 2.66. The van der Waals surface area contributed by atoms with Gasteiger partial charge in [0.1, 0.15) is 0 Å². The molecule has 0 fully saturated rings. The lowest BCUT2D eigenvalue weighted by molar-refractivity contribution is 0.102. The number of amides is 2. The van der Waals surface area contributed by atoms with Crippen LogP contribution in [-0.2, 0) is 0 Å². The lowest BCUT2D eigenvalue weighted by atomic mass is 10.0. The summed E-state index contributed by atoms with van der Waals surface area (Å²) in [5.41, 5.74) is 6.26. The number of rotatable bonds is 4. The Labute approximate surface area is 164 Å². The van der Waals surface area contributed by atoms with Crippen molar-refractivity contribution >= 4 is 23.2 Å². The first-order chi connectivity index (χ1) is 13.3. The minimum atomic E-state index is -0.306. The van der Waals surface area contributed by atoms with Crippen LogP contribution in [0.4, 0.5) is 11.4 Å². The van der Waals surface area contributed by atoms with Gasteiger partial charge in [0.15, 0.2) is 0 Å². The Hall–Kier alpha value is -3.47. The Morgan fingerprint density at radius 2 is 1.32 bits per heavy atom. The summed E-state index contributed by atoms with van der Waals surface area (Å²) in [5.74, 6) is -0.604. The van der Waals surface area contributed by atoms with Gasteiger partial charge in [0.25, 0.3) is 11.8 Å². The maximum absolute atomic E-state index is 12.7. The molecule has 0 unspecified atom stereocenters. The second-order valence-electron chi connectivity index (χ2n) is 6.96. The molecule has 5 nitrogen and oxygen atoms in total. The largest absolute Gasteiger partial charge is 0.322 e. The summed E-state index contributed by atoms with van der Waals surface area (Å²) in [6.07, 6.45) is 2.91. The number of nitrogens with one attached hydrogen (secondary N) is 2. The van der Waals surface area contributed by atoms with E-state index in [1.807, 2.05) is 64.1 Å². The molecule has 28 heavy (non-hydrogen) atoms. The molecule has 0 aliphatic heterocycles. The highest BCUT2D eigenvalue weighted by Crippen LogP contribution is 2.23. The van der Waals surface area contributed by atoms with Crippen LogP contribution in [0.2, 0.25) is 0 Å². The quantitative estimate of drug-likeness (QED) is 0.689. The van der Waals surface area contributed by atoms with Crippen LogP contribution in [-0.4, -0.2) is 16.8 Å². The van der Waals surface area contributed by atoms with E-state index >= 15 is 0 Å². The second-order valence-corrected chi connectivity index (χ2v) is 6.96. The molecule has 3 aromatic rings. The first kappa shape index (κ1) is 19.3. The third-order valence-electron chi connectivity index (χ3n) is 4.57. The van der Waals surface area contributed by atoms with Crippen molar-refractivity contribution in [3.05, 3.63) is 88.2 Å². The van der Waals surface area contributed by atoms with Gasteiger partial charge in [-0.25, -0.2) is 0 Å². The number of aryl methyl sites for hydroxylation is 4. The van der Waals surface area contributed by atoms with Gasteiger partial charge < -0.3 is 10.6 Å². The second kappa shape index (κ2) is 8.05. The van der Waals surface area contributed by atoms with Crippen LogP contribution in [0.1, 0.15) is 43.0 Å². The van der Waals surface area contributed by atoms with Crippen LogP contribution in [0.15, 0.2) is 54.9 Å². The average molecular weight is 373 g/mol. The highest BCUT2D eigenvalue weighted by molar-refractivity contribution is 6.08. The van der Waals surface area contributed by atoms with Gasteiger partial charge in [-0.15, -0.1) is 0 Å². The van der Waals surface area contributed by atoms with Crippen LogP contribution in [0.25, 0.3) is 0 Å². The summed E-state index contributed by atoms with van der Waals surface area (Å²) < 4.78 is 0. The van der Waals surface area contributed by atoms with Crippen molar-refractivity contribution in [2.24, 2.45) is 0 Å². The zero-order valence-electron chi connectivity index (χ0n) is 16.5. The molecule has 0 saturated carbocycles. The zero-order chi connectivity index (χ0) is 20.3. The number of hydrogen-bond acceptors (Lipinski definition) is 3. The summed E-state index contributed by atoms with van der Waals surface area (Å²) in [6, 6.07) is 13.1. The smallest absolute Gasteiger partial charge is 0.257 e. The Balaban J connectivity index is 1.80. The fraction of sp³-hybridized carbons (Fsp3) is 0.174. The van der Waals surface area contributed by atoms with Crippen LogP contribution >= 0.6 is 0 Å². The van der Waals surface area contributed by atoms with E-state index in [-0.39, 0.29) is 11.8 Å². The van der Waals surface area contributed by atoms with Crippen molar-refractivity contribution < 1.29 is 9.59 Å². The third-order valence-corrected chi connectivity index (χ3v) is 4.57. The van der Waals surface area contributed by atoms with Gasteiger partial charge in [-0.05, 0) is 56.5 Å². The molecule has 2 amide bonds. The lowest BCUT2D eigenvalue weighted by Crippen LogP contribution is -2.17. The molecule has 0 spiro atoms. The highest BCUT2D eigenvalue weighted by Gasteiger charge is 2.14. The number of pyridine rings is 1. The topological polar surface area (TPSA) is 71.1 Å². The molecule has 0 aliphatic rings. The maximum atomic E-state index is 12.7. The Morgan fingerprint density at radius 1 is 0.750 bits per heavy atom. The van der Waals surface area contributed by atoms with Gasteiger partial charge in [0.2, 0.25) is 0 Å². The van der Waals surface area contributed by atoms with Crippen LogP contribution in [0.3, 0.4) is 0 Å². The third kappa shape index (κ3) is 4.26. The molecule has 2 N–H and O–H groups in total. The van der Waals surface area contributed by atoms with E-state index < -0.39 is 0 Å². The van der Waals surface area contributed by atoms with E-state index in [9.17, 15) is 9.59 Å². The monoisotopic (exact) mass is 373 g/mol. The summed E-state index contributed by atoms with van der Waals surface area (Å²) in [5, 5.41) is 5.79. The van der Waals surface area contributed by atoms with Crippen molar-refractivity contribution in [1.29, 1.82) is 0 Å². The molecule has 1 aromatic heterocycles. The van der Waals surface area contributed by atoms with Gasteiger partial charge in [0, 0.05) is 23.8 Å². The molecule has 1 heterocycles. The van der Waals surface area contributed by atoms with Crippen LogP contribution in [0, 0.1) is 27.7 Å². The summed E-state index contributed by atoms with van der Waals surface area (Å²) in [6.45, 7) is 7.86. The van der Waals surface area contributed by atoms with Gasteiger partial charge in [0.05, 0.1) is 11.1 Å². The van der Waals surface area contributed by atoms with E-state index in [0.717, 1.165) is 33.6 Å². The van der Waals surface area contributed by atoms with Gasteiger partial charge in [-0.1, -0.05) is 35.9 Å². The fourth-order valence-corrected chi connectivity index (χ4v) is 3.16. The van der Waals surface area contributed by atoms with Crippen molar-refractivity contribution in [2.45, 2.75) is 27.7 Å². The highest BCUT2D eigenvalue weighted by atomic mass is 16.2. The van der Waals surface area contributed by atoms with E-state index in [1.165, 1.54) is 12.4 Å². The maximum Gasteiger partial charge on any atom is 0.257 e. The Kier molecular flexibility index (Phi) is 5.54. The molecule has 0 radical (unpaired) electrons. The molecular formula is C23H23N3O2. The molecule has 0 bridgehead atoms. The predicted molar refractivity (Wildman–Crippen MR) is 112 cm³/mol. The SMILES string of the molecule is Cc1cc(C)c(NC(=O)c2cncc(C(=O)Nc3ccccc3C)c2)c(C)c1. The van der Waals surface area contributed by atoms with Gasteiger partial charge in [-0.2, -0.15) is 0 Å². The molecule has 5 heteroatoms. The minimum absolute atomic E-state index is 0.298. The molecule has 0 atom stereocenters. The Morgan fingerprint density at radius 3 is 1.93 bits per heavy atom. The number of carbonyl (C=O) groups is 2. The summed E-state index contributed by atoms with van der Waals surface area (Å²) in [4.78, 5) is 29.3. The van der Waals surface area contributed by atoms with E-state index in [1.54, 1.807) is 6.07 Å². The van der Waals surface area contributed by atoms with Crippen LogP contribution < -0.4 is 10.6 Å². The molecule has 2 aromatic carbocycles. The standard InChI is InChI=1S/C23H23N3O2/c1-14-9-16(3)21(17(4)10-14)26-23(28)19-11-18(12-24-13-19)22(27)25-20-8-6-5-7-15(20)2/h5-13H,1-4H3,(H,25,27)(H,26,28). The first-order valence-corrected chi connectivity index (χ1v) is 9.06. The van der Waals surface area contributed by atoms with Crippen LogP contribution in [0.5, 0.6) is 0 Å². The van der Waals surface area contributed by atoms with Gasteiger partial charge in [-0.3, -0.25) is 14.6 Å². The van der Waals surface area contributed by atoms with E-state index in [2.05, 4.69) is 15.6 Å². The Bertz CT molecular complexity index is 1030. The molecule has 0 saturated heterocycles. The van der Waals surface area contributed by atoms with Crippen molar-refractivity contribution in [1.82, 2.24) is 4.98 Å².